The Morgan fingerprint density at radius 1 is 1.14 bits per heavy atom. The number of aliphatic hydroxyl groups is 1. The number of rotatable bonds is 9. The number of pyridine rings is 1. The van der Waals surface area contributed by atoms with Crippen molar-refractivity contribution in [2.75, 3.05) is 27.3 Å². The van der Waals surface area contributed by atoms with Crippen molar-refractivity contribution in [2.45, 2.75) is 32.4 Å². The fourth-order valence-corrected chi connectivity index (χ4v) is 3.37. The van der Waals surface area contributed by atoms with Gasteiger partial charge in [-0.25, -0.2) is 4.98 Å². The maximum Gasteiger partial charge on any atom is 0.137 e. The van der Waals surface area contributed by atoms with Crippen LogP contribution < -0.4 is 9.47 Å². The fourth-order valence-electron chi connectivity index (χ4n) is 3.37. The summed E-state index contributed by atoms with van der Waals surface area (Å²) in [6.45, 7) is 5.83. The van der Waals surface area contributed by atoms with Crippen molar-refractivity contribution in [3.05, 3.63) is 53.9 Å². The first-order chi connectivity index (χ1) is 13.5. The second kappa shape index (κ2) is 9.08. The lowest BCUT2D eigenvalue weighted by Crippen LogP contribution is -2.33. The highest BCUT2D eigenvalue weighted by Gasteiger charge is 2.17. The van der Waals surface area contributed by atoms with Gasteiger partial charge in [-0.1, -0.05) is 13.8 Å². The van der Waals surface area contributed by atoms with Crippen molar-refractivity contribution in [1.29, 1.82) is 0 Å². The Morgan fingerprint density at radius 2 is 1.86 bits per heavy atom. The Labute approximate surface area is 166 Å². The molecule has 1 atom stereocenters. The molecule has 2 N–H and O–H groups in total. The molecule has 28 heavy (non-hydrogen) atoms. The van der Waals surface area contributed by atoms with E-state index in [0.29, 0.717) is 18.2 Å². The van der Waals surface area contributed by atoms with Gasteiger partial charge in [0.2, 0.25) is 0 Å². The van der Waals surface area contributed by atoms with Crippen LogP contribution in [0.5, 0.6) is 11.5 Å². The zero-order valence-corrected chi connectivity index (χ0v) is 17.0. The lowest BCUT2D eigenvalue weighted by Gasteiger charge is -2.22. The van der Waals surface area contributed by atoms with Gasteiger partial charge < -0.3 is 19.6 Å². The molecule has 2 aromatic heterocycles. The summed E-state index contributed by atoms with van der Waals surface area (Å²) in [6.07, 6.45) is 1.22. The van der Waals surface area contributed by atoms with Crippen molar-refractivity contribution in [3.63, 3.8) is 0 Å². The van der Waals surface area contributed by atoms with Gasteiger partial charge in [0.15, 0.2) is 0 Å². The quantitative estimate of drug-likeness (QED) is 0.591. The Bertz CT molecular complexity index is 890. The van der Waals surface area contributed by atoms with Gasteiger partial charge in [-0.2, -0.15) is 0 Å². The van der Waals surface area contributed by atoms with Crippen molar-refractivity contribution in [1.82, 2.24) is 14.9 Å². The van der Waals surface area contributed by atoms with E-state index in [0.717, 1.165) is 23.3 Å². The predicted molar refractivity (Wildman–Crippen MR) is 111 cm³/mol. The van der Waals surface area contributed by atoms with E-state index in [1.54, 1.807) is 13.3 Å². The van der Waals surface area contributed by atoms with E-state index in [4.69, 9.17) is 9.47 Å². The maximum absolute atomic E-state index is 10.4. The second-order valence-corrected chi connectivity index (χ2v) is 7.41. The van der Waals surface area contributed by atoms with Crippen molar-refractivity contribution < 1.29 is 14.6 Å². The van der Waals surface area contributed by atoms with Crippen LogP contribution in [0, 0.1) is 0 Å². The van der Waals surface area contributed by atoms with Crippen LogP contribution in [0.3, 0.4) is 0 Å². The molecule has 0 fully saturated rings. The number of likely N-dealkylation sites (N-methyl/N-ethyl adjacent to an activating group) is 1. The molecule has 2 heterocycles. The summed E-state index contributed by atoms with van der Waals surface area (Å²) in [5.41, 5.74) is 3.35. The first-order valence-electron chi connectivity index (χ1n) is 9.56. The van der Waals surface area contributed by atoms with E-state index < -0.39 is 6.10 Å². The average molecular weight is 383 g/mol. The predicted octanol–water partition coefficient (Wildman–Crippen LogP) is 3.57. The fraction of sp³-hybridized carbons (Fsp3) is 0.409. The Hall–Kier alpha value is -2.57. The van der Waals surface area contributed by atoms with E-state index >= 15 is 0 Å². The average Bonchev–Trinajstić information content (AvgIpc) is 3.05. The molecule has 0 radical (unpaired) electrons. The third kappa shape index (κ3) is 4.82. The van der Waals surface area contributed by atoms with Crippen LogP contribution >= 0.6 is 0 Å². The minimum absolute atomic E-state index is 0.239. The number of aliphatic hydroxyl groups excluding tert-OH is 1. The van der Waals surface area contributed by atoms with E-state index in [1.807, 2.05) is 37.4 Å². The Kier molecular flexibility index (Phi) is 6.54. The number of aromatic amines is 1. The smallest absolute Gasteiger partial charge is 0.137 e. The molecule has 0 saturated heterocycles. The third-order valence-corrected chi connectivity index (χ3v) is 4.74. The summed E-state index contributed by atoms with van der Waals surface area (Å²) < 4.78 is 10.8. The molecule has 3 rings (SSSR count). The lowest BCUT2D eigenvalue weighted by molar-refractivity contribution is 0.0744. The number of hydrogen-bond acceptors (Lipinski definition) is 5. The number of H-pyrrole nitrogens is 1. The topological polar surface area (TPSA) is 70.6 Å². The van der Waals surface area contributed by atoms with E-state index in [9.17, 15) is 5.11 Å². The summed E-state index contributed by atoms with van der Waals surface area (Å²) in [5, 5.41) is 11.5. The zero-order chi connectivity index (χ0) is 20.1. The number of ether oxygens (including phenoxy) is 2. The van der Waals surface area contributed by atoms with Crippen LogP contribution in [0.1, 0.15) is 31.0 Å². The van der Waals surface area contributed by atoms with Gasteiger partial charge in [0.05, 0.1) is 7.11 Å². The lowest BCUT2D eigenvalue weighted by atomic mass is 10.0. The van der Waals surface area contributed by atoms with E-state index in [2.05, 4.69) is 34.8 Å². The zero-order valence-electron chi connectivity index (χ0n) is 17.0. The number of hydrogen-bond donors (Lipinski definition) is 2. The summed E-state index contributed by atoms with van der Waals surface area (Å²) >= 11 is 0. The highest BCUT2D eigenvalue weighted by atomic mass is 16.5. The summed E-state index contributed by atoms with van der Waals surface area (Å²) in [6, 6.07) is 11.4. The molecule has 6 nitrogen and oxygen atoms in total. The SMILES string of the molecule is COc1ccc(OC[C@H](O)CN(C)Cc2c(C(C)C)[nH]c3ncccc23)cc1. The van der Waals surface area contributed by atoms with Gasteiger partial charge in [-0.3, -0.25) is 4.90 Å². The normalized spacial score (nSPS) is 12.7. The van der Waals surface area contributed by atoms with Crippen molar-refractivity contribution >= 4 is 11.0 Å². The molecule has 0 amide bonds. The first-order valence-corrected chi connectivity index (χ1v) is 9.56. The third-order valence-electron chi connectivity index (χ3n) is 4.74. The molecular formula is C22H29N3O3. The van der Waals surface area contributed by atoms with Crippen LogP contribution in [0.4, 0.5) is 0 Å². The van der Waals surface area contributed by atoms with Gasteiger partial charge >= 0.3 is 0 Å². The van der Waals surface area contributed by atoms with Crippen LogP contribution in [0.25, 0.3) is 11.0 Å². The second-order valence-electron chi connectivity index (χ2n) is 7.41. The minimum Gasteiger partial charge on any atom is -0.497 e. The summed E-state index contributed by atoms with van der Waals surface area (Å²) in [5.74, 6) is 1.87. The highest BCUT2D eigenvalue weighted by Crippen LogP contribution is 2.27. The molecular weight excluding hydrogens is 354 g/mol. The van der Waals surface area contributed by atoms with Gasteiger partial charge in [0, 0.05) is 30.4 Å². The monoisotopic (exact) mass is 383 g/mol. The molecule has 0 aliphatic carbocycles. The maximum atomic E-state index is 10.4. The van der Waals surface area contributed by atoms with Crippen LogP contribution in [-0.2, 0) is 6.54 Å². The molecule has 0 saturated carbocycles. The van der Waals surface area contributed by atoms with Gasteiger partial charge in [-0.15, -0.1) is 0 Å². The molecule has 0 bridgehead atoms. The van der Waals surface area contributed by atoms with Crippen LogP contribution in [-0.4, -0.2) is 53.4 Å². The molecule has 6 heteroatoms. The van der Waals surface area contributed by atoms with E-state index in [1.165, 1.54) is 11.3 Å². The van der Waals surface area contributed by atoms with Gasteiger partial charge in [0.1, 0.15) is 29.9 Å². The van der Waals surface area contributed by atoms with Gasteiger partial charge in [-0.05, 0) is 54.9 Å². The standard InChI is InChI=1S/C22H29N3O3/c1-15(2)21-20(19-6-5-11-23-22(19)24-21)13-25(3)12-16(26)14-28-18-9-7-17(27-4)8-10-18/h5-11,15-16,26H,12-14H2,1-4H3,(H,23,24)/t16-/m1/s1. The first kappa shape index (κ1) is 20.2. The number of benzene rings is 1. The van der Waals surface area contributed by atoms with Crippen molar-refractivity contribution in [2.24, 2.45) is 0 Å². The molecule has 0 aliphatic rings. The largest absolute Gasteiger partial charge is 0.497 e. The number of nitrogens with zero attached hydrogens (tertiary/aromatic N) is 2. The Morgan fingerprint density at radius 3 is 2.54 bits per heavy atom. The van der Waals surface area contributed by atoms with Crippen LogP contribution in [0.2, 0.25) is 0 Å². The number of nitrogens with one attached hydrogen (secondary N) is 1. The minimum atomic E-state index is -0.585. The van der Waals surface area contributed by atoms with E-state index in [-0.39, 0.29) is 6.61 Å². The summed E-state index contributed by atoms with van der Waals surface area (Å²) in [4.78, 5) is 9.99. The number of aromatic nitrogens is 2. The van der Waals surface area contributed by atoms with Crippen molar-refractivity contribution in [3.8, 4) is 11.5 Å². The van der Waals surface area contributed by atoms with Gasteiger partial charge in [0.25, 0.3) is 0 Å². The molecule has 3 aromatic rings. The Balaban J connectivity index is 1.59. The molecule has 0 unspecified atom stereocenters. The molecule has 1 aromatic carbocycles. The molecule has 0 aliphatic heterocycles. The molecule has 150 valence electrons. The molecule has 0 spiro atoms. The number of methoxy groups -OCH3 is 1. The number of fused-ring (bicyclic) bond motifs is 1. The van der Waals surface area contributed by atoms with Crippen LogP contribution in [0.15, 0.2) is 42.6 Å². The highest BCUT2D eigenvalue weighted by molar-refractivity contribution is 5.81. The summed E-state index contributed by atoms with van der Waals surface area (Å²) in [7, 11) is 3.64.